The molecule has 1 fully saturated rings. The average Bonchev–Trinajstić information content (AvgIpc) is 3.03. The molecule has 1 aromatic rings. The van der Waals surface area contributed by atoms with E-state index < -0.39 is 5.97 Å². The van der Waals surface area contributed by atoms with Gasteiger partial charge in [0.1, 0.15) is 12.0 Å². The third kappa shape index (κ3) is 3.33. The molecule has 1 saturated heterocycles. The molecule has 6 heteroatoms. The summed E-state index contributed by atoms with van der Waals surface area (Å²) < 4.78 is 13.8. The molecule has 3 aliphatic heterocycles. The van der Waals surface area contributed by atoms with Gasteiger partial charge in [-0.1, -0.05) is 11.6 Å². The quantitative estimate of drug-likeness (QED) is 0.870. The highest BCUT2D eigenvalue weighted by atomic mass is 19.1. The van der Waals surface area contributed by atoms with Crippen molar-refractivity contribution in [3.05, 3.63) is 53.1 Å². The van der Waals surface area contributed by atoms with Gasteiger partial charge in [-0.2, -0.15) is 0 Å². The first kappa shape index (κ1) is 17.1. The molecule has 3 heterocycles. The van der Waals surface area contributed by atoms with Crippen LogP contribution in [0, 0.1) is 5.82 Å². The molecule has 0 amide bonds. The van der Waals surface area contributed by atoms with E-state index in [0.29, 0.717) is 6.54 Å². The van der Waals surface area contributed by atoms with Crippen LogP contribution in [0.3, 0.4) is 0 Å². The van der Waals surface area contributed by atoms with E-state index in [1.54, 1.807) is 12.1 Å². The molecule has 5 nitrogen and oxygen atoms in total. The maximum atomic E-state index is 13.8. The van der Waals surface area contributed by atoms with Gasteiger partial charge < -0.3 is 20.2 Å². The lowest BCUT2D eigenvalue weighted by Crippen LogP contribution is -2.38. The summed E-state index contributed by atoms with van der Waals surface area (Å²) in [4.78, 5) is 15.3. The molecule has 26 heavy (non-hydrogen) atoms. The molecule has 1 aromatic carbocycles. The largest absolute Gasteiger partial charge is 0.481 e. The summed E-state index contributed by atoms with van der Waals surface area (Å²) in [7, 11) is 0. The maximum absolute atomic E-state index is 13.8. The number of fused-ring (bicyclic) bond motifs is 2. The number of nitrogens with zero attached hydrogens (tertiary/aromatic N) is 2. The number of nitrogens with one attached hydrogen (secondary N) is 1. The second-order valence-electron chi connectivity index (χ2n) is 7.18. The summed E-state index contributed by atoms with van der Waals surface area (Å²) in [5.74, 6) is -0.923. The Hall–Kier alpha value is -2.34. The van der Waals surface area contributed by atoms with Crippen molar-refractivity contribution >= 4 is 11.5 Å². The van der Waals surface area contributed by atoms with Gasteiger partial charge in [0.15, 0.2) is 0 Å². The Bertz CT molecular complexity index is 764. The van der Waals surface area contributed by atoms with Crippen LogP contribution in [0.25, 0.3) is 5.57 Å². The Morgan fingerprint density at radius 3 is 2.81 bits per heavy atom. The van der Waals surface area contributed by atoms with Crippen LogP contribution < -0.4 is 5.32 Å². The second kappa shape index (κ2) is 7.11. The topological polar surface area (TPSA) is 55.8 Å². The molecular formula is C20H24FN3O2. The van der Waals surface area contributed by atoms with Crippen LogP contribution in [0.4, 0.5) is 4.39 Å². The number of hydrogen-bond acceptors (Lipinski definition) is 4. The van der Waals surface area contributed by atoms with Gasteiger partial charge in [0, 0.05) is 44.2 Å². The van der Waals surface area contributed by atoms with E-state index in [2.05, 4.69) is 21.3 Å². The molecule has 0 aromatic heterocycles. The SMILES string of the molecule is O=C(O)CCN1CCC(=C2c3ccc(F)cc3CCN3C=CNC23)CC1. The van der Waals surface area contributed by atoms with Gasteiger partial charge in [0.25, 0.3) is 0 Å². The molecule has 0 radical (unpaired) electrons. The van der Waals surface area contributed by atoms with Gasteiger partial charge in [-0.3, -0.25) is 4.79 Å². The minimum atomic E-state index is -0.745. The van der Waals surface area contributed by atoms with E-state index in [1.165, 1.54) is 11.1 Å². The minimum Gasteiger partial charge on any atom is -0.481 e. The van der Waals surface area contributed by atoms with Gasteiger partial charge in [0.2, 0.25) is 0 Å². The molecule has 1 unspecified atom stereocenters. The van der Waals surface area contributed by atoms with E-state index in [1.807, 2.05) is 12.3 Å². The van der Waals surface area contributed by atoms with Crippen molar-refractivity contribution in [3.63, 3.8) is 0 Å². The van der Waals surface area contributed by atoms with Gasteiger partial charge in [0.05, 0.1) is 6.42 Å². The lowest BCUT2D eigenvalue weighted by Gasteiger charge is -2.33. The minimum absolute atomic E-state index is 0.113. The first-order chi connectivity index (χ1) is 12.6. The van der Waals surface area contributed by atoms with Crippen molar-refractivity contribution in [2.24, 2.45) is 0 Å². The van der Waals surface area contributed by atoms with E-state index in [9.17, 15) is 9.18 Å². The zero-order chi connectivity index (χ0) is 18.1. The molecular weight excluding hydrogens is 333 g/mol. The Morgan fingerprint density at radius 1 is 1.23 bits per heavy atom. The van der Waals surface area contributed by atoms with Crippen LogP contribution >= 0.6 is 0 Å². The Balaban J connectivity index is 1.63. The van der Waals surface area contributed by atoms with Crippen LogP contribution in [-0.2, 0) is 11.2 Å². The summed E-state index contributed by atoms with van der Waals surface area (Å²) in [6, 6.07) is 5.15. The normalized spacial score (nSPS) is 22.7. The highest BCUT2D eigenvalue weighted by Gasteiger charge is 2.31. The monoisotopic (exact) mass is 357 g/mol. The molecule has 4 rings (SSSR count). The Kier molecular flexibility index (Phi) is 4.68. The van der Waals surface area contributed by atoms with Crippen molar-refractivity contribution in [1.29, 1.82) is 0 Å². The number of carbonyl (C=O) groups is 1. The number of rotatable bonds is 3. The van der Waals surface area contributed by atoms with E-state index >= 15 is 0 Å². The summed E-state index contributed by atoms with van der Waals surface area (Å²) in [6.45, 7) is 3.23. The predicted octanol–water partition coefficient (Wildman–Crippen LogP) is 2.41. The fraction of sp³-hybridized carbons (Fsp3) is 0.450. The predicted molar refractivity (Wildman–Crippen MR) is 97.7 cm³/mol. The maximum Gasteiger partial charge on any atom is 0.304 e. The number of aliphatic carboxylic acids is 1. The Morgan fingerprint density at radius 2 is 2.04 bits per heavy atom. The van der Waals surface area contributed by atoms with Gasteiger partial charge in [-0.15, -0.1) is 0 Å². The number of halogens is 1. The van der Waals surface area contributed by atoms with Crippen molar-refractivity contribution in [3.8, 4) is 0 Å². The van der Waals surface area contributed by atoms with E-state index in [-0.39, 0.29) is 18.4 Å². The van der Waals surface area contributed by atoms with Gasteiger partial charge in [-0.25, -0.2) is 4.39 Å². The van der Waals surface area contributed by atoms with Crippen molar-refractivity contribution in [2.75, 3.05) is 26.2 Å². The smallest absolute Gasteiger partial charge is 0.304 e. The number of hydrogen-bond donors (Lipinski definition) is 2. The number of likely N-dealkylation sites (tertiary alicyclic amines) is 1. The summed E-state index contributed by atoms with van der Waals surface area (Å²) >= 11 is 0. The van der Waals surface area contributed by atoms with Crippen LogP contribution in [-0.4, -0.2) is 53.2 Å². The van der Waals surface area contributed by atoms with Crippen molar-refractivity contribution in [2.45, 2.75) is 31.8 Å². The van der Waals surface area contributed by atoms with Gasteiger partial charge in [-0.05, 0) is 42.5 Å². The molecule has 138 valence electrons. The summed E-state index contributed by atoms with van der Waals surface area (Å²) in [5.41, 5.74) is 4.91. The standard InChI is InChI=1S/C20H24FN3O2/c21-16-1-2-17-15(13-16)5-11-24-12-7-22-20(24)19(17)14-3-8-23(9-4-14)10-6-18(25)26/h1-2,7,12-13,20,22H,3-6,8-11H2,(H,25,26). The zero-order valence-corrected chi connectivity index (χ0v) is 14.7. The fourth-order valence-corrected chi connectivity index (χ4v) is 4.25. The van der Waals surface area contributed by atoms with Crippen molar-refractivity contribution < 1.29 is 14.3 Å². The van der Waals surface area contributed by atoms with Crippen molar-refractivity contribution in [1.82, 2.24) is 15.1 Å². The second-order valence-corrected chi connectivity index (χ2v) is 7.18. The fourth-order valence-electron chi connectivity index (χ4n) is 4.25. The van der Waals surface area contributed by atoms with Crippen LogP contribution in [0.5, 0.6) is 0 Å². The number of piperidine rings is 1. The highest BCUT2D eigenvalue weighted by molar-refractivity contribution is 5.76. The number of benzene rings is 1. The first-order valence-corrected chi connectivity index (χ1v) is 9.25. The molecule has 0 bridgehead atoms. The molecule has 1 atom stereocenters. The van der Waals surface area contributed by atoms with Gasteiger partial charge >= 0.3 is 5.97 Å². The molecule has 0 saturated carbocycles. The Labute approximate surface area is 152 Å². The van der Waals surface area contributed by atoms with E-state index in [0.717, 1.165) is 50.0 Å². The number of carboxylic acids is 1. The third-order valence-electron chi connectivity index (χ3n) is 5.60. The molecule has 3 aliphatic rings. The lowest BCUT2D eigenvalue weighted by atomic mass is 9.88. The van der Waals surface area contributed by atoms with E-state index in [4.69, 9.17) is 5.11 Å². The summed E-state index contributed by atoms with van der Waals surface area (Å²) in [6.07, 6.45) is 7.06. The zero-order valence-electron chi connectivity index (χ0n) is 14.7. The number of carboxylic acid groups (broad SMARTS) is 1. The van der Waals surface area contributed by atoms with Crippen LogP contribution in [0.1, 0.15) is 30.4 Å². The third-order valence-corrected chi connectivity index (χ3v) is 5.60. The average molecular weight is 357 g/mol. The first-order valence-electron chi connectivity index (χ1n) is 9.25. The molecule has 0 spiro atoms. The summed E-state index contributed by atoms with van der Waals surface area (Å²) in [5, 5.41) is 12.3. The van der Waals surface area contributed by atoms with Crippen LogP contribution in [0.2, 0.25) is 0 Å². The highest BCUT2D eigenvalue weighted by Crippen LogP contribution is 2.36. The lowest BCUT2D eigenvalue weighted by molar-refractivity contribution is -0.137. The van der Waals surface area contributed by atoms with Crippen LogP contribution in [0.15, 0.2) is 36.2 Å². The molecule has 2 N–H and O–H groups in total. The molecule has 0 aliphatic carbocycles.